The lowest BCUT2D eigenvalue weighted by Crippen LogP contribution is -2.30. The summed E-state index contributed by atoms with van der Waals surface area (Å²) in [4.78, 5) is 38.0. The smallest absolute Gasteiger partial charge is 0.306 e. The molecule has 0 aliphatic rings. The number of hydrogen-bond acceptors (Lipinski definition) is 6. The zero-order chi connectivity index (χ0) is 48.6. The Hall–Kier alpha value is -4.71. The predicted molar refractivity (Wildman–Crippen MR) is 288 cm³/mol. The Morgan fingerprint density at radius 1 is 0.313 bits per heavy atom. The van der Waals surface area contributed by atoms with Crippen LogP contribution in [0.3, 0.4) is 0 Å². The molecule has 0 aromatic carbocycles. The summed E-state index contributed by atoms with van der Waals surface area (Å²) in [6.07, 6.45) is 76.8. The quantitative estimate of drug-likeness (QED) is 0.0262. The van der Waals surface area contributed by atoms with Crippen LogP contribution in [0.1, 0.15) is 201 Å². The molecule has 0 saturated carbocycles. The van der Waals surface area contributed by atoms with Crippen LogP contribution in [0.2, 0.25) is 0 Å². The topological polar surface area (TPSA) is 78.9 Å². The largest absolute Gasteiger partial charge is 0.462 e. The van der Waals surface area contributed by atoms with Gasteiger partial charge in [-0.25, -0.2) is 0 Å². The van der Waals surface area contributed by atoms with E-state index in [0.717, 1.165) is 70.6 Å². The van der Waals surface area contributed by atoms with Crippen LogP contribution < -0.4 is 0 Å². The van der Waals surface area contributed by atoms with Gasteiger partial charge in [0.1, 0.15) is 13.2 Å². The van der Waals surface area contributed by atoms with Gasteiger partial charge in [-0.15, -0.1) is 0 Å². The summed E-state index contributed by atoms with van der Waals surface area (Å²) in [5.41, 5.74) is 0. The fourth-order valence-electron chi connectivity index (χ4n) is 6.74. The molecular weight excluding hydrogens is 829 g/mol. The Kier molecular flexibility index (Phi) is 50.1. The van der Waals surface area contributed by atoms with Gasteiger partial charge < -0.3 is 14.2 Å². The molecule has 0 spiro atoms. The highest BCUT2D eigenvalue weighted by molar-refractivity contribution is 5.71. The van der Waals surface area contributed by atoms with Gasteiger partial charge in [-0.1, -0.05) is 269 Å². The van der Waals surface area contributed by atoms with Crippen molar-refractivity contribution in [1.29, 1.82) is 0 Å². The Morgan fingerprint density at radius 3 is 0.910 bits per heavy atom. The van der Waals surface area contributed by atoms with Gasteiger partial charge in [0, 0.05) is 19.3 Å². The van der Waals surface area contributed by atoms with Crippen molar-refractivity contribution in [2.75, 3.05) is 13.2 Å². The van der Waals surface area contributed by atoms with Crippen LogP contribution >= 0.6 is 0 Å². The molecule has 0 aliphatic carbocycles. The SMILES string of the molecule is CC\C=C/C=C\C=C/C=C\C=C/CCCCCC(=O)OC(COC(=O)CCCCC\C=C/C=C\C=C\C=C/C=C\C=C/C=C\CC)COC(=O)CCCCCCCCCCCCCCCCC. The predicted octanol–water partition coefficient (Wildman–Crippen LogP) is 17.6. The number of carbonyl (C=O) groups is 3. The van der Waals surface area contributed by atoms with Gasteiger partial charge in [-0.3, -0.25) is 14.4 Å². The van der Waals surface area contributed by atoms with E-state index in [9.17, 15) is 14.4 Å². The van der Waals surface area contributed by atoms with Crippen molar-refractivity contribution < 1.29 is 28.6 Å². The third-order valence-electron chi connectivity index (χ3n) is 10.7. The average molecular weight is 923 g/mol. The second-order valence-corrected chi connectivity index (χ2v) is 17.0. The summed E-state index contributed by atoms with van der Waals surface area (Å²) in [6.45, 7) is 6.26. The summed E-state index contributed by atoms with van der Waals surface area (Å²) < 4.78 is 16.7. The van der Waals surface area contributed by atoms with Gasteiger partial charge in [-0.05, 0) is 57.8 Å². The summed E-state index contributed by atoms with van der Waals surface area (Å²) in [6, 6.07) is 0. The molecule has 0 aliphatic heterocycles. The summed E-state index contributed by atoms with van der Waals surface area (Å²) >= 11 is 0. The number of hydrogen-bond donors (Lipinski definition) is 0. The van der Waals surface area contributed by atoms with E-state index in [2.05, 4.69) is 45.1 Å². The van der Waals surface area contributed by atoms with Crippen molar-refractivity contribution in [1.82, 2.24) is 0 Å². The van der Waals surface area contributed by atoms with Crippen molar-refractivity contribution in [3.8, 4) is 0 Å². The van der Waals surface area contributed by atoms with E-state index in [1.165, 1.54) is 77.0 Å². The third-order valence-corrected chi connectivity index (χ3v) is 10.7. The van der Waals surface area contributed by atoms with Gasteiger partial charge in [0.25, 0.3) is 0 Å². The highest BCUT2D eigenvalue weighted by Crippen LogP contribution is 2.15. The molecule has 0 heterocycles. The standard InChI is InChI=1S/C61H94O6/c1-4-7-10-13-16-19-22-25-28-29-30-31-34-36-39-42-45-48-51-54-60(63)66-57-58(67-61(64)55-52-49-46-43-40-37-33-27-24-21-18-15-12-9-6-3)56-65-59(62)53-50-47-44-41-38-35-32-26-23-20-17-14-11-8-5-2/h7,9-10,12-13,15-16,18-19,21-22,24-25,27-31,33-34,36-37,39-40,58H,4-6,8,11,14,17,20,23,26,32,35,38,41-57H2,1-3H3/b10-7-,12-9-,16-13-,18-15-,22-19-,24-21-,28-25-,30-29+,33-27-,34-31-,39-36-,40-37-. The van der Waals surface area contributed by atoms with E-state index in [1.54, 1.807) is 0 Å². The molecule has 0 aromatic rings. The van der Waals surface area contributed by atoms with Crippen molar-refractivity contribution in [3.05, 3.63) is 146 Å². The molecular formula is C61H94O6. The average Bonchev–Trinajstić information content (AvgIpc) is 3.33. The summed E-state index contributed by atoms with van der Waals surface area (Å²) in [7, 11) is 0. The normalized spacial score (nSPS) is 13.3. The minimum absolute atomic E-state index is 0.115. The molecule has 0 amide bonds. The minimum Gasteiger partial charge on any atom is -0.462 e. The van der Waals surface area contributed by atoms with Crippen LogP contribution in [0, 0.1) is 0 Å². The Balaban J connectivity index is 4.59. The number of esters is 3. The summed E-state index contributed by atoms with van der Waals surface area (Å²) in [5, 5.41) is 0. The van der Waals surface area contributed by atoms with E-state index in [-0.39, 0.29) is 44.0 Å². The maximum Gasteiger partial charge on any atom is 0.306 e. The first-order valence-electron chi connectivity index (χ1n) is 26.5. The van der Waals surface area contributed by atoms with Crippen LogP contribution in [0.5, 0.6) is 0 Å². The number of carbonyl (C=O) groups excluding carboxylic acids is 3. The zero-order valence-electron chi connectivity index (χ0n) is 42.6. The van der Waals surface area contributed by atoms with Crippen LogP contribution in [-0.4, -0.2) is 37.2 Å². The molecule has 1 unspecified atom stereocenters. The van der Waals surface area contributed by atoms with Gasteiger partial charge in [0.2, 0.25) is 0 Å². The molecule has 0 radical (unpaired) electrons. The third kappa shape index (κ3) is 52.1. The van der Waals surface area contributed by atoms with Crippen molar-refractivity contribution in [3.63, 3.8) is 0 Å². The summed E-state index contributed by atoms with van der Waals surface area (Å²) in [5.74, 6) is -1.01. The number of ether oxygens (including phenoxy) is 3. The second-order valence-electron chi connectivity index (χ2n) is 17.0. The Bertz CT molecular complexity index is 1530. The maximum absolute atomic E-state index is 12.8. The molecule has 0 saturated heterocycles. The fraction of sp³-hybridized carbons (Fsp3) is 0.557. The molecule has 6 nitrogen and oxygen atoms in total. The van der Waals surface area contributed by atoms with E-state index in [0.29, 0.717) is 19.3 Å². The molecule has 0 rings (SSSR count). The van der Waals surface area contributed by atoms with Gasteiger partial charge in [0.05, 0.1) is 0 Å². The first kappa shape index (κ1) is 62.3. The van der Waals surface area contributed by atoms with Gasteiger partial charge >= 0.3 is 17.9 Å². The Morgan fingerprint density at radius 2 is 0.582 bits per heavy atom. The highest BCUT2D eigenvalue weighted by Gasteiger charge is 2.19. The molecule has 6 heteroatoms. The lowest BCUT2D eigenvalue weighted by atomic mass is 10.0. The maximum atomic E-state index is 12.8. The molecule has 374 valence electrons. The molecule has 0 aromatic heterocycles. The van der Waals surface area contributed by atoms with Crippen molar-refractivity contribution in [2.45, 2.75) is 207 Å². The van der Waals surface area contributed by atoms with Crippen LogP contribution in [0.4, 0.5) is 0 Å². The van der Waals surface area contributed by atoms with Crippen molar-refractivity contribution >= 4 is 17.9 Å². The van der Waals surface area contributed by atoms with E-state index < -0.39 is 6.10 Å². The second kappa shape index (κ2) is 53.9. The number of rotatable bonds is 45. The molecule has 1 atom stereocenters. The number of unbranched alkanes of at least 4 members (excludes halogenated alkanes) is 20. The fourth-order valence-corrected chi connectivity index (χ4v) is 6.74. The van der Waals surface area contributed by atoms with Crippen LogP contribution in [-0.2, 0) is 28.6 Å². The van der Waals surface area contributed by atoms with Crippen LogP contribution in [0.25, 0.3) is 0 Å². The molecule has 0 fully saturated rings. The number of allylic oxidation sites excluding steroid dienone is 24. The van der Waals surface area contributed by atoms with E-state index >= 15 is 0 Å². The zero-order valence-corrected chi connectivity index (χ0v) is 42.6. The lowest BCUT2D eigenvalue weighted by molar-refractivity contribution is -0.167. The first-order chi connectivity index (χ1) is 33.0. The van der Waals surface area contributed by atoms with Crippen LogP contribution in [0.15, 0.2) is 146 Å². The highest BCUT2D eigenvalue weighted by atomic mass is 16.6. The van der Waals surface area contributed by atoms with Gasteiger partial charge in [-0.2, -0.15) is 0 Å². The molecule has 67 heavy (non-hydrogen) atoms. The van der Waals surface area contributed by atoms with Crippen molar-refractivity contribution in [2.24, 2.45) is 0 Å². The minimum atomic E-state index is -0.824. The van der Waals surface area contributed by atoms with Gasteiger partial charge in [0.15, 0.2) is 6.10 Å². The molecule has 0 N–H and O–H groups in total. The van der Waals surface area contributed by atoms with E-state index in [1.807, 2.05) is 122 Å². The first-order valence-corrected chi connectivity index (χ1v) is 26.5. The lowest BCUT2D eigenvalue weighted by Gasteiger charge is -2.18. The monoisotopic (exact) mass is 923 g/mol. The molecule has 0 bridgehead atoms. The van der Waals surface area contributed by atoms with E-state index in [4.69, 9.17) is 14.2 Å². The Labute approximate surface area is 410 Å².